The number of rotatable bonds is 4. The summed E-state index contributed by atoms with van der Waals surface area (Å²) < 4.78 is 24.2. The molecule has 0 unspecified atom stereocenters. The number of nitrogens with zero attached hydrogens (tertiary/aromatic N) is 2. The molecule has 1 aliphatic heterocycles. The summed E-state index contributed by atoms with van der Waals surface area (Å²) in [5, 5.41) is 0. The van der Waals surface area contributed by atoms with Gasteiger partial charge in [0.15, 0.2) is 9.84 Å². The van der Waals surface area contributed by atoms with Gasteiger partial charge in [-0.05, 0) is 29.7 Å². The molecular formula is C19H19N3O2S. The fourth-order valence-corrected chi connectivity index (χ4v) is 4.29. The molecule has 4 rings (SSSR count). The Hall–Kier alpha value is -2.60. The number of hydrogen-bond acceptors (Lipinski definition) is 4. The number of H-pyrrole nitrogens is 1. The summed E-state index contributed by atoms with van der Waals surface area (Å²) in [6, 6.07) is 13.4. The number of fused-ring (bicyclic) bond motifs is 1. The van der Waals surface area contributed by atoms with E-state index in [-0.39, 0.29) is 0 Å². The van der Waals surface area contributed by atoms with Gasteiger partial charge in [0.25, 0.3) is 0 Å². The first-order valence-electron chi connectivity index (χ1n) is 8.17. The van der Waals surface area contributed by atoms with E-state index >= 15 is 0 Å². The maximum absolute atomic E-state index is 12.1. The third kappa shape index (κ3) is 3.05. The highest BCUT2D eigenvalue weighted by atomic mass is 32.2. The number of nitrogens with one attached hydrogen (secondary N) is 1. The number of aromatic amines is 1. The van der Waals surface area contributed by atoms with Gasteiger partial charge in [-0.1, -0.05) is 30.3 Å². The lowest BCUT2D eigenvalue weighted by Gasteiger charge is -2.19. The van der Waals surface area contributed by atoms with Gasteiger partial charge in [-0.15, -0.1) is 0 Å². The molecule has 2 heterocycles. The van der Waals surface area contributed by atoms with Crippen LogP contribution in [-0.4, -0.2) is 31.2 Å². The molecule has 0 radical (unpaired) electrons. The van der Waals surface area contributed by atoms with Crippen molar-refractivity contribution in [3.63, 3.8) is 0 Å². The number of aromatic nitrogens is 2. The second-order valence-electron chi connectivity index (χ2n) is 6.36. The first kappa shape index (κ1) is 15.9. The van der Waals surface area contributed by atoms with Crippen molar-refractivity contribution in [2.75, 3.05) is 17.7 Å². The van der Waals surface area contributed by atoms with Gasteiger partial charge in [-0.25, -0.2) is 13.4 Å². The predicted octanol–water partition coefficient (Wildman–Crippen LogP) is 3.04. The lowest BCUT2D eigenvalue weighted by molar-refractivity contribution is 0.602. The Bertz CT molecular complexity index is 1010. The Labute approximate surface area is 147 Å². The molecule has 0 amide bonds. The minimum atomic E-state index is -3.28. The van der Waals surface area contributed by atoms with Crippen LogP contribution in [0.1, 0.15) is 11.3 Å². The molecule has 0 aliphatic carbocycles. The molecule has 1 N–H and O–H groups in total. The van der Waals surface area contributed by atoms with Crippen molar-refractivity contribution < 1.29 is 8.42 Å². The Morgan fingerprint density at radius 3 is 2.80 bits per heavy atom. The zero-order valence-corrected chi connectivity index (χ0v) is 14.8. The zero-order chi connectivity index (χ0) is 17.4. The third-order valence-corrected chi connectivity index (χ3v) is 5.75. The normalized spacial score (nSPS) is 13.9. The number of sulfone groups is 1. The largest absolute Gasteiger partial charge is 0.365 e. The summed E-state index contributed by atoms with van der Waals surface area (Å²) in [4.78, 5) is 9.88. The number of imidazole rings is 1. The van der Waals surface area contributed by atoms with E-state index in [1.165, 1.54) is 11.8 Å². The number of hydrogen-bond donors (Lipinski definition) is 1. The molecule has 1 aliphatic rings. The predicted molar refractivity (Wildman–Crippen MR) is 98.3 cm³/mol. The van der Waals surface area contributed by atoms with E-state index in [9.17, 15) is 8.42 Å². The van der Waals surface area contributed by atoms with Crippen LogP contribution in [0.4, 0.5) is 5.69 Å². The first-order valence-corrected chi connectivity index (χ1v) is 10.1. The van der Waals surface area contributed by atoms with E-state index in [4.69, 9.17) is 0 Å². The molecule has 0 saturated heterocycles. The summed E-state index contributed by atoms with van der Waals surface area (Å²) in [5.74, 6) is 0. The fourth-order valence-electron chi connectivity index (χ4n) is 3.38. The molecule has 0 spiro atoms. The molecule has 0 bridgehead atoms. The molecule has 3 aromatic rings. The maximum atomic E-state index is 12.1. The average molecular weight is 353 g/mol. The SMILES string of the molecule is CS(=O)(=O)c1ccccc1-c1ccc2c(c1)N(Cc1cnc[nH]1)CC2. The summed E-state index contributed by atoms with van der Waals surface area (Å²) in [6.07, 6.45) is 5.77. The van der Waals surface area contributed by atoms with Crippen LogP contribution in [0.2, 0.25) is 0 Å². The van der Waals surface area contributed by atoms with Crippen LogP contribution < -0.4 is 4.90 Å². The van der Waals surface area contributed by atoms with Crippen LogP contribution in [-0.2, 0) is 22.8 Å². The van der Waals surface area contributed by atoms with Gasteiger partial charge in [-0.2, -0.15) is 0 Å². The summed E-state index contributed by atoms with van der Waals surface area (Å²) in [6.45, 7) is 1.72. The van der Waals surface area contributed by atoms with Gasteiger partial charge < -0.3 is 9.88 Å². The van der Waals surface area contributed by atoms with E-state index in [1.807, 2.05) is 24.4 Å². The van der Waals surface area contributed by atoms with Crippen molar-refractivity contribution >= 4 is 15.5 Å². The molecule has 25 heavy (non-hydrogen) atoms. The topological polar surface area (TPSA) is 66.1 Å². The lowest BCUT2D eigenvalue weighted by atomic mass is 10.0. The van der Waals surface area contributed by atoms with Crippen LogP contribution in [0.3, 0.4) is 0 Å². The first-order chi connectivity index (χ1) is 12.0. The minimum absolute atomic E-state index is 0.369. The molecule has 128 valence electrons. The van der Waals surface area contributed by atoms with Crippen LogP contribution in [0, 0.1) is 0 Å². The van der Waals surface area contributed by atoms with E-state index in [1.54, 1.807) is 18.5 Å². The van der Waals surface area contributed by atoms with Gasteiger partial charge >= 0.3 is 0 Å². The number of benzene rings is 2. The van der Waals surface area contributed by atoms with Crippen LogP contribution in [0.5, 0.6) is 0 Å². The third-order valence-electron chi connectivity index (χ3n) is 4.59. The average Bonchev–Trinajstić information content (AvgIpc) is 3.24. The van der Waals surface area contributed by atoms with Crippen molar-refractivity contribution in [2.45, 2.75) is 17.9 Å². The Morgan fingerprint density at radius 2 is 2.04 bits per heavy atom. The zero-order valence-electron chi connectivity index (χ0n) is 13.9. The van der Waals surface area contributed by atoms with Gasteiger partial charge in [-0.3, -0.25) is 0 Å². The standard InChI is InChI=1S/C19H19N3O2S/c1-25(23,24)19-5-3-2-4-17(19)15-7-6-14-8-9-22(18(14)10-15)12-16-11-20-13-21-16/h2-7,10-11,13H,8-9,12H2,1H3,(H,20,21). The summed E-state index contributed by atoms with van der Waals surface area (Å²) in [5.41, 5.74) is 5.20. The Kier molecular flexibility index (Phi) is 3.84. The smallest absolute Gasteiger partial charge is 0.176 e. The molecule has 6 heteroatoms. The molecule has 5 nitrogen and oxygen atoms in total. The summed E-state index contributed by atoms with van der Waals surface area (Å²) in [7, 11) is -3.28. The Balaban J connectivity index is 1.75. The molecule has 2 aromatic carbocycles. The molecule has 0 atom stereocenters. The lowest BCUT2D eigenvalue weighted by Crippen LogP contribution is -2.19. The highest BCUT2D eigenvalue weighted by Gasteiger charge is 2.21. The van der Waals surface area contributed by atoms with E-state index < -0.39 is 9.84 Å². The Morgan fingerprint density at radius 1 is 1.20 bits per heavy atom. The molecule has 0 saturated carbocycles. The van der Waals surface area contributed by atoms with Crippen LogP contribution in [0.15, 0.2) is 59.9 Å². The van der Waals surface area contributed by atoms with Crippen molar-refractivity contribution in [3.05, 3.63) is 66.2 Å². The van der Waals surface area contributed by atoms with Crippen LogP contribution in [0.25, 0.3) is 11.1 Å². The van der Waals surface area contributed by atoms with Gasteiger partial charge in [0.1, 0.15) is 0 Å². The van der Waals surface area contributed by atoms with E-state index in [0.717, 1.165) is 42.0 Å². The number of anilines is 1. The summed E-state index contributed by atoms with van der Waals surface area (Å²) >= 11 is 0. The highest BCUT2D eigenvalue weighted by molar-refractivity contribution is 7.90. The molecule has 1 aromatic heterocycles. The van der Waals surface area contributed by atoms with Gasteiger partial charge in [0.2, 0.25) is 0 Å². The quantitative estimate of drug-likeness (QED) is 0.783. The van der Waals surface area contributed by atoms with Gasteiger partial charge in [0.05, 0.1) is 23.5 Å². The van der Waals surface area contributed by atoms with Gasteiger partial charge in [0, 0.05) is 30.2 Å². The molecular weight excluding hydrogens is 334 g/mol. The second kappa shape index (κ2) is 6.04. The van der Waals surface area contributed by atoms with Crippen molar-refractivity contribution in [3.8, 4) is 11.1 Å². The fraction of sp³-hybridized carbons (Fsp3) is 0.211. The van der Waals surface area contributed by atoms with Crippen molar-refractivity contribution in [1.82, 2.24) is 9.97 Å². The maximum Gasteiger partial charge on any atom is 0.176 e. The van der Waals surface area contributed by atoms with E-state index in [0.29, 0.717) is 4.90 Å². The highest BCUT2D eigenvalue weighted by Crippen LogP contribution is 2.35. The molecule has 0 fully saturated rings. The van der Waals surface area contributed by atoms with E-state index in [2.05, 4.69) is 27.0 Å². The minimum Gasteiger partial charge on any atom is -0.365 e. The van der Waals surface area contributed by atoms with Crippen molar-refractivity contribution in [1.29, 1.82) is 0 Å². The second-order valence-corrected chi connectivity index (χ2v) is 8.34. The van der Waals surface area contributed by atoms with Crippen LogP contribution >= 0.6 is 0 Å². The monoisotopic (exact) mass is 353 g/mol. The van der Waals surface area contributed by atoms with Crippen molar-refractivity contribution in [2.24, 2.45) is 0 Å².